The van der Waals surface area contributed by atoms with Crippen LogP contribution < -0.4 is 5.32 Å². The van der Waals surface area contributed by atoms with Crippen molar-refractivity contribution in [3.63, 3.8) is 0 Å². The minimum absolute atomic E-state index is 0.144. The third kappa shape index (κ3) is 6.84. The molecule has 1 amide bonds. The molecule has 0 aliphatic rings. The van der Waals surface area contributed by atoms with Crippen LogP contribution >= 0.6 is 0 Å². The highest BCUT2D eigenvalue weighted by Gasteiger charge is 1.90. The second-order valence-electron chi connectivity index (χ2n) is 2.59. The molecule has 0 saturated carbocycles. The lowest BCUT2D eigenvalue weighted by atomic mass is 10.4. The van der Waals surface area contributed by atoms with E-state index in [0.29, 0.717) is 0 Å². The van der Waals surface area contributed by atoms with Gasteiger partial charge >= 0.3 is 0 Å². The Morgan fingerprint density at radius 2 is 2.33 bits per heavy atom. The molecule has 1 N–H and O–H groups in total. The van der Waals surface area contributed by atoms with Crippen molar-refractivity contribution in [3.8, 4) is 12.3 Å². The largest absolute Gasteiger partial charge is 0.342 e. The summed E-state index contributed by atoms with van der Waals surface area (Å²) in [4.78, 5) is 12.8. The Morgan fingerprint density at radius 3 is 2.83 bits per heavy atom. The molecule has 3 nitrogen and oxygen atoms in total. The van der Waals surface area contributed by atoms with Crippen molar-refractivity contribution in [2.75, 3.05) is 27.2 Å². The molecule has 3 heteroatoms. The van der Waals surface area contributed by atoms with Gasteiger partial charge in [-0.05, 0) is 14.1 Å². The highest BCUT2D eigenvalue weighted by molar-refractivity contribution is 5.87. The predicted molar refractivity (Wildman–Crippen MR) is 49.5 cm³/mol. The van der Waals surface area contributed by atoms with E-state index in [-0.39, 0.29) is 12.5 Å². The van der Waals surface area contributed by atoms with Crippen LogP contribution in [0.15, 0.2) is 12.2 Å². The van der Waals surface area contributed by atoms with Crippen LogP contribution in [-0.4, -0.2) is 38.0 Å². The van der Waals surface area contributed by atoms with Crippen molar-refractivity contribution >= 4 is 5.91 Å². The first kappa shape index (κ1) is 10.7. The van der Waals surface area contributed by atoms with Gasteiger partial charge in [0.15, 0.2) is 0 Å². The topological polar surface area (TPSA) is 32.3 Å². The fourth-order valence-electron chi connectivity index (χ4n) is 0.568. The highest BCUT2D eigenvalue weighted by Crippen LogP contribution is 1.77. The minimum Gasteiger partial charge on any atom is -0.342 e. The van der Waals surface area contributed by atoms with Crippen LogP contribution in [0.1, 0.15) is 0 Å². The number of hydrogen-bond donors (Lipinski definition) is 1. The van der Waals surface area contributed by atoms with Crippen LogP contribution in [-0.2, 0) is 4.79 Å². The molecule has 0 aromatic rings. The number of carbonyl (C=O) groups excluding carboxylic acids is 1. The summed E-state index contributed by atoms with van der Waals surface area (Å²) < 4.78 is 0. The van der Waals surface area contributed by atoms with E-state index in [9.17, 15) is 4.79 Å². The first-order valence-corrected chi connectivity index (χ1v) is 3.69. The first-order valence-electron chi connectivity index (χ1n) is 3.69. The second-order valence-corrected chi connectivity index (χ2v) is 2.59. The monoisotopic (exact) mass is 166 g/mol. The summed E-state index contributed by atoms with van der Waals surface area (Å²) in [7, 11) is 3.87. The molecule has 0 aliphatic carbocycles. The smallest absolute Gasteiger partial charge is 0.244 e. The quantitative estimate of drug-likeness (QED) is 0.465. The molecule has 0 saturated heterocycles. The normalized spacial score (nSPS) is 10.2. The summed E-state index contributed by atoms with van der Waals surface area (Å²) in [6.45, 7) is 1.04. The molecule has 12 heavy (non-hydrogen) atoms. The lowest BCUT2D eigenvalue weighted by Gasteiger charge is -2.03. The third-order valence-corrected chi connectivity index (χ3v) is 1.10. The third-order valence-electron chi connectivity index (χ3n) is 1.10. The van der Waals surface area contributed by atoms with E-state index in [2.05, 4.69) is 11.2 Å². The molecule has 0 rings (SSSR count). The zero-order valence-corrected chi connectivity index (χ0v) is 7.50. The Morgan fingerprint density at radius 1 is 1.67 bits per heavy atom. The van der Waals surface area contributed by atoms with E-state index < -0.39 is 0 Å². The Hall–Kier alpha value is -1.27. The average molecular weight is 166 g/mol. The number of nitrogens with zero attached hydrogens (tertiary/aromatic N) is 1. The molecular weight excluding hydrogens is 152 g/mol. The zero-order valence-electron chi connectivity index (χ0n) is 7.50. The van der Waals surface area contributed by atoms with Crippen molar-refractivity contribution in [3.05, 3.63) is 12.2 Å². The van der Waals surface area contributed by atoms with Crippen molar-refractivity contribution in [2.45, 2.75) is 0 Å². The molecule has 0 atom stereocenters. The van der Waals surface area contributed by atoms with E-state index in [4.69, 9.17) is 6.42 Å². The summed E-state index contributed by atoms with van der Waals surface area (Å²) in [6, 6.07) is 0. The van der Waals surface area contributed by atoms with Gasteiger partial charge in [-0.1, -0.05) is 12.0 Å². The van der Waals surface area contributed by atoms with Gasteiger partial charge in [0.05, 0.1) is 6.54 Å². The van der Waals surface area contributed by atoms with Gasteiger partial charge in [-0.25, -0.2) is 0 Å². The number of rotatable bonds is 4. The number of carbonyl (C=O) groups is 1. The van der Waals surface area contributed by atoms with Gasteiger partial charge in [0.2, 0.25) is 5.91 Å². The Balaban J connectivity index is 3.55. The maximum Gasteiger partial charge on any atom is 0.244 e. The number of terminal acetylenes is 1. The van der Waals surface area contributed by atoms with E-state index in [0.717, 1.165) is 6.54 Å². The van der Waals surface area contributed by atoms with E-state index in [1.807, 2.05) is 19.0 Å². The molecule has 0 aromatic heterocycles. The van der Waals surface area contributed by atoms with E-state index >= 15 is 0 Å². The van der Waals surface area contributed by atoms with Crippen molar-refractivity contribution in [1.29, 1.82) is 0 Å². The Labute approximate surface area is 73.4 Å². The Bertz CT molecular complexity index is 201. The summed E-state index contributed by atoms with van der Waals surface area (Å²) in [5, 5.41) is 2.53. The summed E-state index contributed by atoms with van der Waals surface area (Å²) in [5.74, 6) is 2.18. The van der Waals surface area contributed by atoms with Crippen LogP contribution in [0.25, 0.3) is 0 Å². The molecule has 0 heterocycles. The van der Waals surface area contributed by atoms with Gasteiger partial charge in [-0.15, -0.1) is 6.42 Å². The van der Waals surface area contributed by atoms with Gasteiger partial charge in [0.25, 0.3) is 0 Å². The minimum atomic E-state index is -0.144. The first-order chi connectivity index (χ1) is 5.66. The maximum atomic E-state index is 10.9. The molecule has 66 valence electrons. The molecular formula is C9H14N2O. The molecule has 0 fully saturated rings. The predicted octanol–water partition coefficient (Wildman–Crippen LogP) is -0.146. The van der Waals surface area contributed by atoms with Crippen LogP contribution in [0, 0.1) is 12.3 Å². The molecule has 0 radical (unpaired) electrons. The van der Waals surface area contributed by atoms with Gasteiger partial charge in [0, 0.05) is 12.6 Å². The van der Waals surface area contributed by atoms with E-state index in [1.165, 1.54) is 6.08 Å². The van der Waals surface area contributed by atoms with Gasteiger partial charge in [-0.2, -0.15) is 0 Å². The number of nitrogens with one attached hydrogen (secondary N) is 1. The van der Waals surface area contributed by atoms with Crippen LogP contribution in [0.2, 0.25) is 0 Å². The van der Waals surface area contributed by atoms with Crippen LogP contribution in [0.5, 0.6) is 0 Å². The van der Waals surface area contributed by atoms with Crippen molar-refractivity contribution in [2.24, 2.45) is 0 Å². The molecule has 0 spiro atoms. The van der Waals surface area contributed by atoms with E-state index in [1.54, 1.807) is 6.08 Å². The summed E-state index contributed by atoms with van der Waals surface area (Å²) in [6.07, 6.45) is 8.22. The second kappa shape index (κ2) is 6.44. The molecule has 0 unspecified atom stereocenters. The molecule has 0 aromatic carbocycles. The van der Waals surface area contributed by atoms with Crippen molar-refractivity contribution in [1.82, 2.24) is 10.2 Å². The standard InChI is InChI=1S/C9H14N2O/c1-4-7-10-9(12)6-5-8-11(2)3/h1,5-6H,7-8H2,2-3H3,(H,10,12)/b6-5+. The number of likely N-dealkylation sites (N-methyl/N-ethyl adjacent to an activating group) is 1. The highest BCUT2D eigenvalue weighted by atomic mass is 16.1. The molecule has 0 aliphatic heterocycles. The zero-order chi connectivity index (χ0) is 9.40. The van der Waals surface area contributed by atoms with Crippen molar-refractivity contribution < 1.29 is 4.79 Å². The maximum absolute atomic E-state index is 10.9. The lowest BCUT2D eigenvalue weighted by molar-refractivity contribution is -0.116. The molecule has 0 bridgehead atoms. The van der Waals surface area contributed by atoms with Crippen LogP contribution in [0.3, 0.4) is 0 Å². The fourth-order valence-corrected chi connectivity index (χ4v) is 0.568. The fraction of sp³-hybridized carbons (Fsp3) is 0.444. The Kier molecular flexibility index (Phi) is 5.76. The number of hydrogen-bond acceptors (Lipinski definition) is 2. The van der Waals surface area contributed by atoms with Gasteiger partial charge < -0.3 is 10.2 Å². The average Bonchev–Trinajstić information content (AvgIpc) is 2.00. The lowest BCUT2D eigenvalue weighted by Crippen LogP contribution is -2.21. The van der Waals surface area contributed by atoms with Crippen LogP contribution in [0.4, 0.5) is 0 Å². The van der Waals surface area contributed by atoms with Gasteiger partial charge in [0.1, 0.15) is 0 Å². The van der Waals surface area contributed by atoms with Gasteiger partial charge in [-0.3, -0.25) is 4.79 Å². The summed E-state index contributed by atoms with van der Waals surface area (Å²) >= 11 is 0. The number of amides is 1. The SMILES string of the molecule is C#CCNC(=O)/C=C/CN(C)C. The summed E-state index contributed by atoms with van der Waals surface area (Å²) in [5.41, 5.74) is 0.